The average Bonchev–Trinajstić information content (AvgIpc) is 2.47. The summed E-state index contributed by atoms with van der Waals surface area (Å²) in [7, 11) is 0. The lowest BCUT2D eigenvalue weighted by Crippen LogP contribution is -1.97. The van der Waals surface area contributed by atoms with E-state index >= 15 is 0 Å². The molecule has 1 aromatic rings. The zero-order valence-electron chi connectivity index (χ0n) is 6.50. The molecule has 3 heteroatoms. The van der Waals surface area contributed by atoms with E-state index in [9.17, 15) is 4.79 Å². The molecule has 1 aromatic heterocycles. The van der Waals surface area contributed by atoms with E-state index in [4.69, 9.17) is 11.5 Å². The number of aromatic amines is 1. The number of hydrogen-bond acceptors (Lipinski definition) is 1. The number of aromatic nitrogens is 1. The minimum absolute atomic E-state index is 0.118. The molecule has 0 aliphatic carbocycles. The van der Waals surface area contributed by atoms with Crippen molar-refractivity contribution in [2.45, 2.75) is 12.8 Å². The lowest BCUT2D eigenvalue weighted by Gasteiger charge is -1.93. The molecule has 0 saturated carbocycles. The van der Waals surface area contributed by atoms with Crippen LogP contribution < -0.4 is 0 Å². The topological polar surface area (TPSA) is 53.1 Å². The second-order valence-corrected chi connectivity index (χ2v) is 2.43. The number of nitrogens with one attached hydrogen (secondary N) is 1. The molecule has 0 aromatic carbocycles. The maximum atomic E-state index is 10.2. The monoisotopic (exact) mass is 163 g/mol. The van der Waals surface area contributed by atoms with Gasteiger partial charge in [-0.3, -0.25) is 4.79 Å². The Hall–Kier alpha value is -1.69. The number of H-pyrrole nitrogens is 1. The molecule has 0 aliphatic rings. The maximum absolute atomic E-state index is 10.2. The normalized spacial score (nSPS) is 9.25. The Morgan fingerprint density at radius 2 is 2.42 bits per heavy atom. The first-order valence-corrected chi connectivity index (χ1v) is 3.58. The highest BCUT2D eigenvalue weighted by molar-refractivity contribution is 5.67. The predicted octanol–water partition coefficient (Wildman–Crippen LogP) is 1.01. The molecule has 0 spiro atoms. The van der Waals surface area contributed by atoms with Crippen molar-refractivity contribution in [3.8, 4) is 12.3 Å². The van der Waals surface area contributed by atoms with E-state index in [1.54, 1.807) is 12.4 Å². The molecule has 3 nitrogen and oxygen atoms in total. The molecule has 62 valence electrons. The summed E-state index contributed by atoms with van der Waals surface area (Å²) in [6.45, 7) is 0. The van der Waals surface area contributed by atoms with Crippen LogP contribution >= 0.6 is 0 Å². The van der Waals surface area contributed by atoms with Crippen LogP contribution in [0.15, 0.2) is 12.4 Å². The Bertz CT molecular complexity index is 320. The Morgan fingerprint density at radius 3 is 3.00 bits per heavy atom. The Morgan fingerprint density at radius 1 is 1.67 bits per heavy atom. The van der Waals surface area contributed by atoms with Crippen LogP contribution in [-0.4, -0.2) is 16.1 Å². The standard InChI is InChI=1S/C9H9NO2/c1-2-7-5-10-6-8(7)3-4-9(11)12/h1,5-6,10H,3-4H2,(H,11,12). The highest BCUT2D eigenvalue weighted by atomic mass is 16.4. The third kappa shape index (κ3) is 1.89. The number of hydrogen-bond donors (Lipinski definition) is 2. The molecule has 12 heavy (non-hydrogen) atoms. The molecule has 0 fully saturated rings. The summed E-state index contributed by atoms with van der Waals surface area (Å²) >= 11 is 0. The summed E-state index contributed by atoms with van der Waals surface area (Å²) in [5, 5.41) is 8.41. The van der Waals surface area contributed by atoms with Crippen molar-refractivity contribution in [3.05, 3.63) is 23.5 Å². The third-order valence-corrected chi connectivity index (χ3v) is 1.59. The van der Waals surface area contributed by atoms with Gasteiger partial charge in [-0.2, -0.15) is 0 Å². The summed E-state index contributed by atoms with van der Waals surface area (Å²) in [5.41, 5.74) is 1.64. The van der Waals surface area contributed by atoms with E-state index in [1.165, 1.54) is 0 Å². The molecule has 0 radical (unpaired) electrons. The Kier molecular flexibility index (Phi) is 2.54. The van der Waals surface area contributed by atoms with Crippen LogP contribution in [0.5, 0.6) is 0 Å². The molecule has 0 atom stereocenters. The molecule has 1 heterocycles. The molecular formula is C9H9NO2. The van der Waals surface area contributed by atoms with Crippen molar-refractivity contribution in [1.29, 1.82) is 0 Å². The first-order chi connectivity index (χ1) is 5.74. The fourth-order valence-corrected chi connectivity index (χ4v) is 0.979. The number of carboxylic acid groups (broad SMARTS) is 1. The van der Waals surface area contributed by atoms with E-state index in [0.29, 0.717) is 6.42 Å². The minimum atomic E-state index is -0.806. The molecular weight excluding hydrogens is 154 g/mol. The second kappa shape index (κ2) is 3.63. The zero-order chi connectivity index (χ0) is 8.97. The fraction of sp³-hybridized carbons (Fsp3) is 0.222. The minimum Gasteiger partial charge on any atom is -0.481 e. The van der Waals surface area contributed by atoms with Gasteiger partial charge in [-0.25, -0.2) is 0 Å². The average molecular weight is 163 g/mol. The lowest BCUT2D eigenvalue weighted by molar-refractivity contribution is -0.136. The Balaban J connectivity index is 2.64. The summed E-state index contributed by atoms with van der Waals surface area (Å²) in [6, 6.07) is 0. The van der Waals surface area contributed by atoms with Gasteiger partial charge in [0.1, 0.15) is 0 Å². The molecule has 0 unspecified atom stereocenters. The van der Waals surface area contributed by atoms with E-state index in [1.807, 2.05) is 0 Å². The van der Waals surface area contributed by atoms with Gasteiger partial charge in [0, 0.05) is 24.4 Å². The SMILES string of the molecule is C#Cc1c[nH]cc1CCC(=O)O. The molecule has 2 N–H and O–H groups in total. The number of rotatable bonds is 3. The van der Waals surface area contributed by atoms with Gasteiger partial charge in [0.2, 0.25) is 0 Å². The first kappa shape index (κ1) is 8.41. The molecule has 0 bridgehead atoms. The van der Waals surface area contributed by atoms with Crippen molar-refractivity contribution < 1.29 is 9.90 Å². The van der Waals surface area contributed by atoms with Crippen LogP contribution in [0.25, 0.3) is 0 Å². The molecule has 1 rings (SSSR count). The quantitative estimate of drug-likeness (QED) is 0.653. The third-order valence-electron chi connectivity index (χ3n) is 1.59. The van der Waals surface area contributed by atoms with Gasteiger partial charge in [-0.15, -0.1) is 6.42 Å². The van der Waals surface area contributed by atoms with Crippen LogP contribution in [0.4, 0.5) is 0 Å². The van der Waals surface area contributed by atoms with Crippen LogP contribution in [0.2, 0.25) is 0 Å². The number of aryl methyl sites for hydroxylation is 1. The van der Waals surface area contributed by atoms with E-state index in [-0.39, 0.29) is 6.42 Å². The maximum Gasteiger partial charge on any atom is 0.303 e. The largest absolute Gasteiger partial charge is 0.481 e. The number of terminal acetylenes is 1. The molecule has 0 amide bonds. The van der Waals surface area contributed by atoms with Gasteiger partial charge < -0.3 is 10.1 Å². The lowest BCUT2D eigenvalue weighted by atomic mass is 10.1. The van der Waals surface area contributed by atoms with Crippen LogP contribution in [0.1, 0.15) is 17.5 Å². The molecule has 0 aliphatic heterocycles. The van der Waals surface area contributed by atoms with Crippen LogP contribution in [0.3, 0.4) is 0 Å². The van der Waals surface area contributed by atoms with Crippen molar-refractivity contribution >= 4 is 5.97 Å². The highest BCUT2D eigenvalue weighted by Gasteiger charge is 2.03. The fourth-order valence-electron chi connectivity index (χ4n) is 0.979. The summed E-state index contributed by atoms with van der Waals surface area (Å²) in [6.07, 6.45) is 9.21. The Labute approximate surface area is 70.4 Å². The number of carbonyl (C=O) groups is 1. The number of carboxylic acids is 1. The number of aliphatic carboxylic acids is 1. The van der Waals surface area contributed by atoms with Crippen molar-refractivity contribution in [2.24, 2.45) is 0 Å². The van der Waals surface area contributed by atoms with Gasteiger partial charge in [-0.05, 0) is 12.0 Å². The summed E-state index contributed by atoms with van der Waals surface area (Å²) < 4.78 is 0. The van der Waals surface area contributed by atoms with Gasteiger partial charge >= 0.3 is 5.97 Å². The second-order valence-electron chi connectivity index (χ2n) is 2.43. The van der Waals surface area contributed by atoms with E-state index in [2.05, 4.69) is 10.9 Å². The van der Waals surface area contributed by atoms with E-state index in [0.717, 1.165) is 11.1 Å². The highest BCUT2D eigenvalue weighted by Crippen LogP contribution is 2.08. The van der Waals surface area contributed by atoms with Crippen molar-refractivity contribution in [3.63, 3.8) is 0 Å². The first-order valence-electron chi connectivity index (χ1n) is 3.58. The predicted molar refractivity (Wildman–Crippen MR) is 44.7 cm³/mol. The smallest absolute Gasteiger partial charge is 0.303 e. The summed E-state index contributed by atoms with van der Waals surface area (Å²) in [4.78, 5) is 13.1. The summed E-state index contributed by atoms with van der Waals surface area (Å²) in [5.74, 6) is 1.67. The van der Waals surface area contributed by atoms with Crippen molar-refractivity contribution in [2.75, 3.05) is 0 Å². The van der Waals surface area contributed by atoms with E-state index < -0.39 is 5.97 Å². The zero-order valence-corrected chi connectivity index (χ0v) is 6.50. The molecule has 0 saturated heterocycles. The van der Waals surface area contributed by atoms with Crippen LogP contribution in [-0.2, 0) is 11.2 Å². The van der Waals surface area contributed by atoms with Crippen molar-refractivity contribution in [1.82, 2.24) is 4.98 Å². The van der Waals surface area contributed by atoms with Gasteiger partial charge in [-0.1, -0.05) is 5.92 Å². The van der Waals surface area contributed by atoms with Gasteiger partial charge in [0.25, 0.3) is 0 Å². The van der Waals surface area contributed by atoms with Gasteiger partial charge in [0.15, 0.2) is 0 Å². The van der Waals surface area contributed by atoms with Gasteiger partial charge in [0.05, 0.1) is 0 Å². The van der Waals surface area contributed by atoms with Crippen LogP contribution in [0, 0.1) is 12.3 Å².